The summed E-state index contributed by atoms with van der Waals surface area (Å²) in [7, 11) is 0. The number of rotatable bonds is 0. The van der Waals surface area contributed by atoms with Gasteiger partial charge in [0.25, 0.3) is 0 Å². The molecule has 0 saturated carbocycles. The van der Waals surface area contributed by atoms with E-state index < -0.39 is 6.16 Å². The third-order valence-corrected chi connectivity index (χ3v) is 0. The summed E-state index contributed by atoms with van der Waals surface area (Å²) in [6, 6.07) is 0. The van der Waals surface area contributed by atoms with Crippen molar-refractivity contribution < 1.29 is 20.5 Å². The largest absolute Gasteiger partial charge is 3.00 e. The molecule has 0 unspecified atom stereocenters. The first-order valence-corrected chi connectivity index (χ1v) is 0.651. The second-order valence-corrected chi connectivity index (χ2v) is 0.283. The van der Waals surface area contributed by atoms with Gasteiger partial charge in [0, 0.05) is 0 Å². The second-order valence-electron chi connectivity index (χ2n) is 0.283. The molecule has 4 nitrogen and oxygen atoms in total. The maximum Gasteiger partial charge on any atom is 3.00 e. The van der Waals surface area contributed by atoms with Crippen LogP contribution in [0.3, 0.4) is 0 Å². The van der Waals surface area contributed by atoms with Crippen LogP contribution in [0.4, 0.5) is 4.79 Å². The van der Waals surface area contributed by atoms with Crippen LogP contribution in [0, 0.1) is 0 Å². The first-order valence-electron chi connectivity index (χ1n) is 0.651. The Morgan fingerprint density at radius 3 is 1.29 bits per heavy atom. The quantitative estimate of drug-likeness (QED) is 0.398. The molecule has 0 aliphatic carbocycles. The second kappa shape index (κ2) is 16.0. The van der Waals surface area contributed by atoms with Crippen LogP contribution in [-0.2, 0) is 0 Å². The van der Waals surface area contributed by atoms with Crippen molar-refractivity contribution in [2.45, 2.75) is 0 Å². The van der Waals surface area contributed by atoms with E-state index in [0.717, 1.165) is 0 Å². The summed E-state index contributed by atoms with van der Waals surface area (Å²) in [6.45, 7) is 0. The van der Waals surface area contributed by atoms with Crippen LogP contribution in [0.1, 0.15) is 0 Å². The van der Waals surface area contributed by atoms with Gasteiger partial charge in [-0.3, -0.25) is 0 Å². The van der Waals surface area contributed by atoms with Gasteiger partial charge in [0.15, 0.2) is 0 Å². The molecule has 0 heterocycles. The number of hydrogen-bond donors (Lipinski definition) is 2. The standard InChI is InChI=1S/CH2O3.Al.Mg.H2O/c2-1(3)4;;;/h(H2,2,3,4);;;1H2/q;+3;+2;. The van der Waals surface area contributed by atoms with Crippen LogP contribution in [-0.4, -0.2) is 62.3 Å². The Kier molecular flexibility index (Phi) is 59.0. The number of hydrogen-bond acceptors (Lipinski definition) is 1. The minimum Gasteiger partial charge on any atom is -0.450 e. The van der Waals surface area contributed by atoms with E-state index >= 15 is 0 Å². The fourth-order valence-electron chi connectivity index (χ4n) is 0. The fraction of sp³-hybridized carbons (Fsp3) is 0. The Balaban J connectivity index is -0.0000000150. The molecule has 0 radical (unpaired) electrons. The van der Waals surface area contributed by atoms with Gasteiger partial charge in [-0.15, -0.1) is 0 Å². The first kappa shape index (κ1) is 25.8. The Hall–Kier alpha value is 0.529. The molecule has 0 rings (SSSR count). The summed E-state index contributed by atoms with van der Waals surface area (Å²) in [6.07, 6.45) is -1.83. The predicted octanol–water partition coefficient (Wildman–Crippen LogP) is -1.36. The van der Waals surface area contributed by atoms with Crippen LogP contribution in [0.2, 0.25) is 0 Å². The van der Waals surface area contributed by atoms with Crippen molar-refractivity contribution in [3.8, 4) is 0 Å². The van der Waals surface area contributed by atoms with Crippen molar-refractivity contribution in [1.82, 2.24) is 0 Å². The Morgan fingerprint density at radius 1 is 1.29 bits per heavy atom. The van der Waals surface area contributed by atoms with E-state index in [9.17, 15) is 0 Å². The van der Waals surface area contributed by atoms with Crippen LogP contribution in [0.25, 0.3) is 0 Å². The van der Waals surface area contributed by atoms with Gasteiger partial charge in [-0.05, 0) is 0 Å². The molecule has 0 aliphatic rings. The van der Waals surface area contributed by atoms with E-state index in [1.165, 1.54) is 0 Å². The molecule has 0 aliphatic heterocycles. The van der Waals surface area contributed by atoms with E-state index in [-0.39, 0.29) is 45.9 Å². The molecular weight excluding hydrogens is 127 g/mol. The number of carbonyl (C=O) groups is 1. The molecule has 0 aromatic heterocycles. The molecule has 6 heteroatoms. The van der Waals surface area contributed by atoms with E-state index in [4.69, 9.17) is 15.0 Å². The van der Waals surface area contributed by atoms with Crippen molar-refractivity contribution in [1.29, 1.82) is 0 Å². The third-order valence-electron chi connectivity index (χ3n) is 0. The summed E-state index contributed by atoms with van der Waals surface area (Å²) in [5, 5.41) is 13.9. The van der Waals surface area contributed by atoms with Gasteiger partial charge in [-0.1, -0.05) is 0 Å². The summed E-state index contributed by atoms with van der Waals surface area (Å²) in [4.78, 5) is 8.56. The molecule has 0 spiro atoms. The molecule has 0 saturated heterocycles. The van der Waals surface area contributed by atoms with Crippen LogP contribution >= 0.6 is 0 Å². The van der Waals surface area contributed by atoms with Crippen molar-refractivity contribution in [2.24, 2.45) is 0 Å². The SMILES string of the molecule is O.O=C(O)O.[Al+3].[Mg+2]. The summed E-state index contributed by atoms with van der Waals surface area (Å²) >= 11 is 0. The van der Waals surface area contributed by atoms with Crippen LogP contribution < -0.4 is 0 Å². The monoisotopic (exact) mass is 131 g/mol. The summed E-state index contributed by atoms with van der Waals surface area (Å²) < 4.78 is 0. The molecule has 0 fully saturated rings. The maximum absolute atomic E-state index is 8.56. The Labute approximate surface area is 67.1 Å². The van der Waals surface area contributed by atoms with Crippen molar-refractivity contribution in [3.05, 3.63) is 0 Å². The molecule has 0 amide bonds. The van der Waals surface area contributed by atoms with E-state index in [0.29, 0.717) is 0 Å². The topological polar surface area (TPSA) is 89.0 Å². The first-order chi connectivity index (χ1) is 1.73. The van der Waals surface area contributed by atoms with E-state index in [1.54, 1.807) is 0 Å². The van der Waals surface area contributed by atoms with Gasteiger partial charge in [0.1, 0.15) is 0 Å². The van der Waals surface area contributed by atoms with Crippen molar-refractivity contribution >= 4 is 46.6 Å². The Bertz CT molecular complexity index is 34.7. The van der Waals surface area contributed by atoms with Gasteiger partial charge in [0.2, 0.25) is 0 Å². The average molecular weight is 131 g/mol. The molecule has 7 heavy (non-hydrogen) atoms. The zero-order valence-electron chi connectivity index (χ0n) is 3.59. The maximum atomic E-state index is 8.56. The third kappa shape index (κ3) is 479. The molecule has 0 bridgehead atoms. The van der Waals surface area contributed by atoms with Gasteiger partial charge in [-0.25, -0.2) is 4.79 Å². The van der Waals surface area contributed by atoms with E-state index in [2.05, 4.69) is 0 Å². The van der Waals surface area contributed by atoms with E-state index in [1.807, 2.05) is 0 Å². The summed E-state index contributed by atoms with van der Waals surface area (Å²) in [5.41, 5.74) is 0. The molecule has 0 aromatic rings. The van der Waals surface area contributed by atoms with Crippen molar-refractivity contribution in [2.75, 3.05) is 0 Å². The smallest absolute Gasteiger partial charge is 0.450 e. The minimum atomic E-state index is -1.83. The Morgan fingerprint density at radius 2 is 1.29 bits per heavy atom. The molecule has 0 atom stereocenters. The van der Waals surface area contributed by atoms with Gasteiger partial charge in [-0.2, -0.15) is 0 Å². The zero-order valence-corrected chi connectivity index (χ0v) is 6.16. The predicted molar refractivity (Wildman–Crippen MR) is 25.8 cm³/mol. The summed E-state index contributed by atoms with van der Waals surface area (Å²) in [5.74, 6) is 0. The van der Waals surface area contributed by atoms with Gasteiger partial charge in [0.05, 0.1) is 0 Å². The average Bonchev–Trinajstić information content (AvgIpc) is 0.811. The minimum absolute atomic E-state index is 0. The van der Waals surface area contributed by atoms with Crippen LogP contribution in [0.5, 0.6) is 0 Å². The fourth-order valence-corrected chi connectivity index (χ4v) is 0. The molecule has 32 valence electrons. The van der Waals surface area contributed by atoms with Gasteiger partial charge < -0.3 is 15.7 Å². The number of carboxylic acid groups (broad SMARTS) is 2. The van der Waals surface area contributed by atoms with Gasteiger partial charge >= 0.3 is 46.6 Å². The molecule has 0 aromatic carbocycles. The normalized spacial score (nSPS) is 3.43. The molecule has 4 N–H and O–H groups in total. The zero-order chi connectivity index (χ0) is 3.58. The van der Waals surface area contributed by atoms with Crippen molar-refractivity contribution in [3.63, 3.8) is 0 Å². The van der Waals surface area contributed by atoms with Crippen LogP contribution in [0.15, 0.2) is 0 Å². The molecular formula is CH4AlMgO4+5.